The number of hydrogen-bond acceptors (Lipinski definition) is 3. The normalized spacial score (nSPS) is 17.6. The van der Waals surface area contributed by atoms with Crippen LogP contribution in [0.3, 0.4) is 0 Å². The Labute approximate surface area is 114 Å². The number of nitrogens with zero attached hydrogens (tertiary/aromatic N) is 2. The Morgan fingerprint density at radius 3 is 2.89 bits per heavy atom. The zero-order chi connectivity index (χ0) is 13.7. The molecule has 1 aliphatic rings. The topological polar surface area (TPSA) is 61.0 Å². The molecule has 0 bridgehead atoms. The molecule has 0 radical (unpaired) electrons. The fourth-order valence-corrected chi connectivity index (χ4v) is 2.50. The maximum atomic E-state index is 11.8. The van der Waals surface area contributed by atoms with Crippen LogP contribution in [0.1, 0.15) is 50.2 Å². The van der Waals surface area contributed by atoms with E-state index in [1.807, 2.05) is 13.8 Å². The third-order valence-electron chi connectivity index (χ3n) is 3.59. The lowest BCUT2D eigenvalue weighted by molar-refractivity contribution is -0.121. The fourth-order valence-electron chi connectivity index (χ4n) is 2.50. The van der Waals surface area contributed by atoms with Crippen LogP contribution in [0.15, 0.2) is 6.20 Å². The van der Waals surface area contributed by atoms with Crippen molar-refractivity contribution >= 4 is 5.91 Å². The predicted octanol–water partition coefficient (Wildman–Crippen LogP) is 1.77. The third kappa shape index (κ3) is 4.35. The largest absolute Gasteiger partial charge is 0.346 e. The van der Waals surface area contributed by atoms with E-state index in [0.717, 1.165) is 24.5 Å². The molecule has 2 N–H and O–H groups in total. The summed E-state index contributed by atoms with van der Waals surface area (Å²) in [5.74, 6) is 0.936. The summed E-state index contributed by atoms with van der Waals surface area (Å²) in [5.41, 5.74) is 1.02. The summed E-state index contributed by atoms with van der Waals surface area (Å²) in [4.78, 5) is 21.7. The number of hydrogen-bond donors (Lipinski definition) is 2. The highest BCUT2D eigenvalue weighted by atomic mass is 16.1. The van der Waals surface area contributed by atoms with E-state index in [0.29, 0.717) is 6.42 Å². The van der Waals surface area contributed by atoms with Crippen molar-refractivity contribution in [2.45, 2.75) is 45.6 Å². The van der Waals surface area contributed by atoms with E-state index < -0.39 is 0 Å². The van der Waals surface area contributed by atoms with Gasteiger partial charge in [-0.25, -0.2) is 4.98 Å². The zero-order valence-electron chi connectivity index (χ0n) is 11.9. The van der Waals surface area contributed by atoms with Gasteiger partial charge in [0.2, 0.25) is 5.91 Å². The summed E-state index contributed by atoms with van der Waals surface area (Å²) >= 11 is 0. The Hall–Kier alpha value is -1.36. The van der Waals surface area contributed by atoms with Gasteiger partial charge in [-0.3, -0.25) is 4.79 Å². The average Bonchev–Trinajstić information content (AvgIpc) is 3.00. The van der Waals surface area contributed by atoms with Gasteiger partial charge in [0, 0.05) is 18.3 Å². The average molecular weight is 264 g/mol. The molecule has 1 fully saturated rings. The molecule has 106 valence electrons. The quantitative estimate of drug-likeness (QED) is 0.823. The molecule has 0 saturated carbocycles. The number of carbonyl (C=O) groups excluding carboxylic acids is 1. The second kappa shape index (κ2) is 6.70. The van der Waals surface area contributed by atoms with Crippen LogP contribution in [0.2, 0.25) is 0 Å². The van der Waals surface area contributed by atoms with E-state index in [2.05, 4.69) is 20.2 Å². The molecule has 1 aromatic rings. The smallest absolute Gasteiger partial charge is 0.220 e. The van der Waals surface area contributed by atoms with Crippen molar-refractivity contribution in [1.29, 1.82) is 0 Å². The summed E-state index contributed by atoms with van der Waals surface area (Å²) in [7, 11) is 0. The molecule has 5 heteroatoms. The maximum Gasteiger partial charge on any atom is 0.220 e. The minimum absolute atomic E-state index is 0.0482. The van der Waals surface area contributed by atoms with Gasteiger partial charge in [0.25, 0.3) is 0 Å². The number of nitrogens with one attached hydrogen (secondary N) is 2. The molecule has 0 aliphatic carbocycles. The van der Waals surface area contributed by atoms with Crippen molar-refractivity contribution in [3.8, 4) is 0 Å². The standard InChI is InChI=1S/C14H24N4O/c1-11-10-15-14(16-11)12(2)17-13(19)6-5-9-18-7-3-4-8-18/h10,12H,3-9H2,1-2H3,(H,15,16)(H,17,19). The van der Waals surface area contributed by atoms with Gasteiger partial charge in [0.15, 0.2) is 0 Å². The minimum Gasteiger partial charge on any atom is -0.346 e. The number of aryl methyl sites for hydroxylation is 1. The molecule has 1 aromatic heterocycles. The number of H-pyrrole nitrogens is 1. The maximum absolute atomic E-state index is 11.8. The van der Waals surface area contributed by atoms with Crippen LogP contribution in [0.4, 0.5) is 0 Å². The van der Waals surface area contributed by atoms with E-state index >= 15 is 0 Å². The molecule has 2 rings (SSSR count). The highest BCUT2D eigenvalue weighted by Crippen LogP contribution is 2.10. The van der Waals surface area contributed by atoms with Gasteiger partial charge in [-0.15, -0.1) is 0 Å². The van der Waals surface area contributed by atoms with Gasteiger partial charge in [-0.05, 0) is 52.7 Å². The van der Waals surface area contributed by atoms with Crippen molar-refractivity contribution in [2.75, 3.05) is 19.6 Å². The highest BCUT2D eigenvalue weighted by molar-refractivity contribution is 5.76. The Kier molecular flexibility index (Phi) is 4.96. The molecule has 0 spiro atoms. The van der Waals surface area contributed by atoms with Crippen LogP contribution in [0.25, 0.3) is 0 Å². The molecule has 5 nitrogen and oxygen atoms in total. The van der Waals surface area contributed by atoms with Gasteiger partial charge in [-0.1, -0.05) is 0 Å². The lowest BCUT2D eigenvalue weighted by Crippen LogP contribution is -2.28. The summed E-state index contributed by atoms with van der Waals surface area (Å²) in [6.45, 7) is 7.35. The van der Waals surface area contributed by atoms with Crippen LogP contribution in [0.5, 0.6) is 0 Å². The molecule has 1 amide bonds. The van der Waals surface area contributed by atoms with Crippen LogP contribution in [-0.2, 0) is 4.79 Å². The number of aromatic nitrogens is 2. The summed E-state index contributed by atoms with van der Waals surface area (Å²) in [5, 5.41) is 2.98. The van der Waals surface area contributed by atoms with Crippen LogP contribution >= 0.6 is 0 Å². The Balaban J connectivity index is 1.66. The lowest BCUT2D eigenvalue weighted by atomic mass is 10.2. The van der Waals surface area contributed by atoms with Gasteiger partial charge < -0.3 is 15.2 Å². The SMILES string of the molecule is Cc1cnc(C(C)NC(=O)CCCN2CCCC2)[nH]1. The van der Waals surface area contributed by atoms with Gasteiger partial charge in [0.1, 0.15) is 5.82 Å². The highest BCUT2D eigenvalue weighted by Gasteiger charge is 2.14. The van der Waals surface area contributed by atoms with Gasteiger partial charge in [-0.2, -0.15) is 0 Å². The van der Waals surface area contributed by atoms with E-state index in [1.54, 1.807) is 6.20 Å². The number of likely N-dealkylation sites (tertiary alicyclic amines) is 1. The summed E-state index contributed by atoms with van der Waals surface area (Å²) in [6.07, 6.45) is 5.93. The molecular formula is C14H24N4O. The Bertz CT molecular complexity index is 409. The minimum atomic E-state index is -0.0482. The van der Waals surface area contributed by atoms with Crippen LogP contribution < -0.4 is 5.32 Å². The first-order valence-electron chi connectivity index (χ1n) is 7.18. The first-order chi connectivity index (χ1) is 9.15. The first kappa shape index (κ1) is 14.1. The van der Waals surface area contributed by atoms with E-state index in [-0.39, 0.29) is 11.9 Å². The number of amides is 1. The number of aromatic amines is 1. The Morgan fingerprint density at radius 1 is 1.53 bits per heavy atom. The molecule has 1 unspecified atom stereocenters. The molecule has 19 heavy (non-hydrogen) atoms. The summed E-state index contributed by atoms with van der Waals surface area (Å²) < 4.78 is 0. The van der Waals surface area contributed by atoms with Gasteiger partial charge in [0.05, 0.1) is 6.04 Å². The van der Waals surface area contributed by atoms with Crippen LogP contribution in [0, 0.1) is 6.92 Å². The van der Waals surface area contributed by atoms with Crippen molar-refractivity contribution in [1.82, 2.24) is 20.2 Å². The van der Waals surface area contributed by atoms with Crippen LogP contribution in [-0.4, -0.2) is 40.4 Å². The number of carbonyl (C=O) groups is 1. The fraction of sp³-hybridized carbons (Fsp3) is 0.714. The van der Waals surface area contributed by atoms with E-state index in [1.165, 1.54) is 25.9 Å². The van der Waals surface area contributed by atoms with E-state index in [4.69, 9.17) is 0 Å². The first-order valence-corrected chi connectivity index (χ1v) is 7.18. The second-order valence-corrected chi connectivity index (χ2v) is 5.39. The van der Waals surface area contributed by atoms with Crippen molar-refractivity contribution < 1.29 is 4.79 Å². The van der Waals surface area contributed by atoms with Crippen molar-refractivity contribution in [3.05, 3.63) is 17.7 Å². The predicted molar refractivity (Wildman–Crippen MR) is 74.8 cm³/mol. The monoisotopic (exact) mass is 264 g/mol. The van der Waals surface area contributed by atoms with Gasteiger partial charge >= 0.3 is 0 Å². The lowest BCUT2D eigenvalue weighted by Gasteiger charge is -2.15. The number of rotatable bonds is 6. The molecule has 1 atom stereocenters. The Morgan fingerprint density at radius 2 is 2.26 bits per heavy atom. The second-order valence-electron chi connectivity index (χ2n) is 5.39. The zero-order valence-corrected chi connectivity index (χ0v) is 11.9. The molecule has 0 aromatic carbocycles. The molecule has 2 heterocycles. The molecule has 1 aliphatic heterocycles. The molecular weight excluding hydrogens is 240 g/mol. The van der Waals surface area contributed by atoms with Crippen molar-refractivity contribution in [2.24, 2.45) is 0 Å². The van der Waals surface area contributed by atoms with Crippen molar-refractivity contribution in [3.63, 3.8) is 0 Å². The number of imidazole rings is 1. The third-order valence-corrected chi connectivity index (χ3v) is 3.59. The summed E-state index contributed by atoms with van der Waals surface area (Å²) in [6, 6.07) is -0.0482. The molecule has 1 saturated heterocycles. The van der Waals surface area contributed by atoms with E-state index in [9.17, 15) is 4.79 Å².